The van der Waals surface area contributed by atoms with E-state index >= 15 is 0 Å². The van der Waals surface area contributed by atoms with Crippen molar-refractivity contribution in [2.24, 2.45) is 0 Å². The van der Waals surface area contributed by atoms with Crippen LogP contribution in [0.15, 0.2) is 66.7 Å². The first-order valence-electron chi connectivity index (χ1n) is 7.51. The molecule has 3 rings (SSSR count). The number of fused-ring (bicyclic) bond motifs is 1. The molecule has 114 valence electrons. The second-order valence-electron chi connectivity index (χ2n) is 5.46. The molecule has 0 saturated carbocycles. The van der Waals surface area contributed by atoms with Gasteiger partial charge >= 0.3 is 0 Å². The molecule has 0 aliphatic carbocycles. The van der Waals surface area contributed by atoms with Gasteiger partial charge in [-0.1, -0.05) is 54.6 Å². The molecule has 23 heavy (non-hydrogen) atoms. The lowest BCUT2D eigenvalue weighted by Crippen LogP contribution is -2.16. The number of hydrogen-bond acceptors (Lipinski definition) is 2. The maximum atomic E-state index is 12.4. The van der Waals surface area contributed by atoms with Gasteiger partial charge in [0.1, 0.15) is 0 Å². The van der Waals surface area contributed by atoms with Gasteiger partial charge in [0, 0.05) is 5.56 Å². The zero-order chi connectivity index (χ0) is 16.2. The molecule has 1 amide bonds. The predicted molar refractivity (Wildman–Crippen MR) is 92.7 cm³/mol. The molecule has 0 spiro atoms. The number of benzene rings is 3. The van der Waals surface area contributed by atoms with E-state index in [4.69, 9.17) is 0 Å². The molecular formula is C20H17NO2. The highest BCUT2D eigenvalue weighted by molar-refractivity contribution is 6.04. The Labute approximate surface area is 135 Å². The Morgan fingerprint density at radius 2 is 1.57 bits per heavy atom. The highest BCUT2D eigenvalue weighted by Gasteiger charge is 2.11. The van der Waals surface area contributed by atoms with Crippen molar-refractivity contribution in [3.05, 3.63) is 77.9 Å². The van der Waals surface area contributed by atoms with Crippen LogP contribution in [0.3, 0.4) is 0 Å². The van der Waals surface area contributed by atoms with Crippen LogP contribution in [0.2, 0.25) is 0 Å². The number of hydrogen-bond donors (Lipinski definition) is 1. The minimum Gasteiger partial charge on any atom is -0.325 e. The van der Waals surface area contributed by atoms with E-state index in [1.165, 1.54) is 6.92 Å². The summed E-state index contributed by atoms with van der Waals surface area (Å²) in [5, 5.41) is 5.03. The lowest BCUT2D eigenvalue weighted by atomic mass is 10.0. The van der Waals surface area contributed by atoms with Gasteiger partial charge in [0.15, 0.2) is 5.78 Å². The normalized spacial score (nSPS) is 10.5. The molecule has 3 aromatic carbocycles. The van der Waals surface area contributed by atoms with Crippen molar-refractivity contribution in [2.45, 2.75) is 13.3 Å². The number of amides is 1. The number of carbonyl (C=O) groups excluding carboxylic acids is 2. The monoisotopic (exact) mass is 303 g/mol. The van der Waals surface area contributed by atoms with Crippen molar-refractivity contribution in [2.75, 3.05) is 5.32 Å². The Morgan fingerprint density at radius 1 is 0.870 bits per heavy atom. The zero-order valence-corrected chi connectivity index (χ0v) is 12.9. The summed E-state index contributed by atoms with van der Waals surface area (Å²) in [6, 6.07) is 21.0. The first-order valence-corrected chi connectivity index (χ1v) is 7.51. The van der Waals surface area contributed by atoms with E-state index in [-0.39, 0.29) is 18.1 Å². The van der Waals surface area contributed by atoms with Crippen molar-refractivity contribution >= 4 is 28.2 Å². The lowest BCUT2D eigenvalue weighted by Gasteiger charge is -2.10. The topological polar surface area (TPSA) is 46.2 Å². The minimum absolute atomic E-state index is 0.0638. The molecule has 3 nitrogen and oxygen atoms in total. The van der Waals surface area contributed by atoms with Crippen molar-refractivity contribution in [1.82, 2.24) is 0 Å². The summed E-state index contributed by atoms with van der Waals surface area (Å²) in [6.45, 7) is 1.50. The molecule has 3 aromatic rings. The number of ketones is 1. The van der Waals surface area contributed by atoms with Gasteiger partial charge < -0.3 is 5.32 Å². The van der Waals surface area contributed by atoms with Gasteiger partial charge in [-0.15, -0.1) is 0 Å². The van der Waals surface area contributed by atoms with Gasteiger partial charge in [0.05, 0.1) is 12.1 Å². The Balaban J connectivity index is 1.84. The third kappa shape index (κ3) is 3.29. The smallest absolute Gasteiger partial charge is 0.228 e. The first kappa shape index (κ1) is 15.0. The lowest BCUT2D eigenvalue weighted by molar-refractivity contribution is -0.115. The van der Waals surface area contributed by atoms with Crippen molar-refractivity contribution in [3.8, 4) is 0 Å². The molecule has 0 aliphatic heterocycles. The average Bonchev–Trinajstić information content (AvgIpc) is 2.55. The Kier molecular flexibility index (Phi) is 4.20. The van der Waals surface area contributed by atoms with E-state index in [9.17, 15) is 9.59 Å². The van der Waals surface area contributed by atoms with E-state index < -0.39 is 0 Å². The van der Waals surface area contributed by atoms with Crippen LogP contribution in [0, 0.1) is 0 Å². The molecule has 1 N–H and O–H groups in total. The molecule has 0 saturated heterocycles. The van der Waals surface area contributed by atoms with Crippen LogP contribution in [-0.2, 0) is 11.2 Å². The van der Waals surface area contributed by atoms with E-state index in [1.54, 1.807) is 24.3 Å². The number of anilines is 1. The van der Waals surface area contributed by atoms with Crippen molar-refractivity contribution in [3.63, 3.8) is 0 Å². The number of carbonyl (C=O) groups is 2. The van der Waals surface area contributed by atoms with Crippen LogP contribution in [0.4, 0.5) is 5.69 Å². The van der Waals surface area contributed by atoms with Gasteiger partial charge in [0.2, 0.25) is 5.91 Å². The first-order chi connectivity index (χ1) is 11.1. The Bertz CT molecular complexity index is 878. The van der Waals surface area contributed by atoms with E-state index in [0.717, 1.165) is 16.3 Å². The zero-order valence-electron chi connectivity index (χ0n) is 12.9. The SMILES string of the molecule is CC(=O)c1ccccc1NC(=O)Cc1cccc2ccccc12. The summed E-state index contributed by atoms with van der Waals surface area (Å²) in [6.07, 6.45) is 0.271. The largest absolute Gasteiger partial charge is 0.325 e. The van der Waals surface area contributed by atoms with Crippen LogP contribution in [0.1, 0.15) is 22.8 Å². The highest BCUT2D eigenvalue weighted by atomic mass is 16.1. The minimum atomic E-state index is -0.130. The summed E-state index contributed by atoms with van der Waals surface area (Å²) in [4.78, 5) is 24.0. The molecule has 0 aliphatic rings. The fourth-order valence-electron chi connectivity index (χ4n) is 2.71. The summed E-state index contributed by atoms with van der Waals surface area (Å²) >= 11 is 0. The number of rotatable bonds is 4. The highest BCUT2D eigenvalue weighted by Crippen LogP contribution is 2.20. The van der Waals surface area contributed by atoms with Gasteiger partial charge in [0.25, 0.3) is 0 Å². The second-order valence-corrected chi connectivity index (χ2v) is 5.46. The Hall–Kier alpha value is -2.94. The van der Waals surface area contributed by atoms with Crippen molar-refractivity contribution < 1.29 is 9.59 Å². The van der Waals surface area contributed by atoms with Crippen LogP contribution in [0.25, 0.3) is 10.8 Å². The van der Waals surface area contributed by atoms with E-state index in [2.05, 4.69) is 5.32 Å². The van der Waals surface area contributed by atoms with Gasteiger partial charge in [-0.2, -0.15) is 0 Å². The predicted octanol–water partition coefficient (Wildman–Crippen LogP) is 4.22. The third-order valence-electron chi connectivity index (χ3n) is 3.81. The summed E-state index contributed by atoms with van der Waals surface area (Å²) in [5.41, 5.74) is 2.06. The fraction of sp³-hybridized carbons (Fsp3) is 0.100. The summed E-state index contributed by atoms with van der Waals surface area (Å²) in [5.74, 6) is -0.193. The van der Waals surface area contributed by atoms with Gasteiger partial charge in [-0.05, 0) is 35.4 Å². The van der Waals surface area contributed by atoms with E-state index in [0.29, 0.717) is 11.3 Å². The molecule has 0 atom stereocenters. The molecular weight excluding hydrogens is 286 g/mol. The average molecular weight is 303 g/mol. The number of Topliss-reactive ketones (excluding diaryl/α,β-unsaturated/α-hetero) is 1. The maximum Gasteiger partial charge on any atom is 0.228 e. The van der Waals surface area contributed by atoms with Crippen LogP contribution < -0.4 is 5.32 Å². The molecule has 0 bridgehead atoms. The molecule has 0 radical (unpaired) electrons. The number of para-hydroxylation sites is 1. The third-order valence-corrected chi connectivity index (χ3v) is 3.81. The molecule has 0 fully saturated rings. The molecule has 0 unspecified atom stereocenters. The van der Waals surface area contributed by atoms with Gasteiger partial charge in [-0.25, -0.2) is 0 Å². The van der Waals surface area contributed by atoms with Crippen LogP contribution in [0.5, 0.6) is 0 Å². The molecule has 0 heterocycles. The van der Waals surface area contributed by atoms with Crippen molar-refractivity contribution in [1.29, 1.82) is 0 Å². The van der Waals surface area contributed by atoms with E-state index in [1.807, 2.05) is 42.5 Å². The quantitative estimate of drug-likeness (QED) is 0.733. The van der Waals surface area contributed by atoms with Gasteiger partial charge in [-0.3, -0.25) is 9.59 Å². The van der Waals surface area contributed by atoms with Crippen LogP contribution >= 0.6 is 0 Å². The summed E-state index contributed by atoms with van der Waals surface area (Å²) < 4.78 is 0. The van der Waals surface area contributed by atoms with Crippen LogP contribution in [-0.4, -0.2) is 11.7 Å². The Morgan fingerprint density at radius 3 is 2.39 bits per heavy atom. The number of nitrogens with one attached hydrogen (secondary N) is 1. The molecule has 0 aromatic heterocycles. The maximum absolute atomic E-state index is 12.4. The fourth-order valence-corrected chi connectivity index (χ4v) is 2.71. The molecule has 3 heteroatoms. The standard InChI is InChI=1S/C20H17NO2/c1-14(22)17-10-4-5-12-19(17)21-20(23)13-16-9-6-8-15-7-2-3-11-18(15)16/h2-12H,13H2,1H3,(H,21,23). The summed E-state index contributed by atoms with van der Waals surface area (Å²) in [7, 11) is 0. The second kappa shape index (κ2) is 6.44.